The number of rotatable bonds is 0. The van der Waals surface area contributed by atoms with Crippen molar-refractivity contribution in [1.29, 1.82) is 0 Å². The van der Waals surface area contributed by atoms with Gasteiger partial charge in [0.1, 0.15) is 23.2 Å². The number of hydrogen-bond acceptors (Lipinski definition) is 10. The molecule has 2 aliphatic carbocycles. The van der Waals surface area contributed by atoms with Crippen molar-refractivity contribution < 1.29 is 49.0 Å². The number of Topliss-reactive ketones (excluding diaryl/α,β-unsaturated/α-hetero) is 2. The first-order chi connectivity index (χ1) is 15.1. The molecule has 4 N–H and O–H groups in total. The highest BCUT2D eigenvalue weighted by atomic mass is 16.6. The molecule has 1 aromatic rings. The first kappa shape index (κ1) is 19.9. The minimum Gasteiger partial charge on any atom is -0.507 e. The smallest absolute Gasteiger partial charge is 0.309 e. The largest absolute Gasteiger partial charge is 0.507 e. The first-order valence-electron chi connectivity index (χ1n) is 10.4. The zero-order chi connectivity index (χ0) is 22.9. The van der Waals surface area contributed by atoms with Crippen LogP contribution in [0.4, 0.5) is 0 Å². The van der Waals surface area contributed by atoms with Gasteiger partial charge in [0.05, 0.1) is 47.5 Å². The van der Waals surface area contributed by atoms with Crippen LogP contribution in [0.25, 0.3) is 0 Å². The summed E-state index contributed by atoms with van der Waals surface area (Å²) in [6.45, 7) is 3.06. The molecule has 6 aliphatic rings. The van der Waals surface area contributed by atoms with Crippen LogP contribution in [-0.4, -0.2) is 68.5 Å². The number of carbonyl (C=O) groups excluding carboxylic acids is 3. The molecule has 10 heteroatoms. The van der Waals surface area contributed by atoms with E-state index in [2.05, 4.69) is 0 Å². The molecule has 7 atom stereocenters. The van der Waals surface area contributed by atoms with Gasteiger partial charge < -0.3 is 34.6 Å². The highest BCUT2D eigenvalue weighted by molar-refractivity contribution is 6.30. The van der Waals surface area contributed by atoms with Crippen LogP contribution < -0.4 is 0 Å². The van der Waals surface area contributed by atoms with E-state index in [1.54, 1.807) is 6.92 Å². The number of hydrogen-bond donors (Lipinski definition) is 4. The van der Waals surface area contributed by atoms with Crippen LogP contribution in [0.3, 0.4) is 0 Å². The highest BCUT2D eigenvalue weighted by Crippen LogP contribution is 2.59. The Morgan fingerprint density at radius 3 is 2.31 bits per heavy atom. The lowest BCUT2D eigenvalue weighted by Gasteiger charge is -2.52. The number of benzene rings is 1. The third-order valence-corrected chi connectivity index (χ3v) is 7.41. The minimum absolute atomic E-state index is 0.0302. The van der Waals surface area contributed by atoms with Gasteiger partial charge in [0.15, 0.2) is 17.7 Å². The normalized spacial score (nSPS) is 39.4. The maximum Gasteiger partial charge on any atom is 0.309 e. The molecule has 0 radical (unpaired) electrons. The van der Waals surface area contributed by atoms with Gasteiger partial charge in [-0.15, -0.1) is 0 Å². The SMILES string of the molecule is CC1O[C@H]2CC(=O)O[C@H]2C2=C1C(=O)c1c(O)c3c(c(O)c1C2=O)[C@@H]1C[C@@H](O)[C@@]3(O)[C@H](C)O1. The van der Waals surface area contributed by atoms with Gasteiger partial charge in [-0.05, 0) is 13.8 Å². The summed E-state index contributed by atoms with van der Waals surface area (Å²) in [6.07, 6.45) is -5.98. The summed E-state index contributed by atoms with van der Waals surface area (Å²) in [5.74, 6) is -3.38. The lowest BCUT2D eigenvalue weighted by Crippen LogP contribution is -2.58. The number of aromatic hydroxyl groups is 2. The van der Waals surface area contributed by atoms with Crippen molar-refractivity contribution in [3.63, 3.8) is 0 Å². The molecule has 0 spiro atoms. The maximum absolute atomic E-state index is 13.6. The van der Waals surface area contributed by atoms with E-state index in [4.69, 9.17) is 14.2 Å². The fourth-order valence-corrected chi connectivity index (χ4v) is 5.95. The number of ketones is 2. The molecule has 10 nitrogen and oxygen atoms in total. The molecule has 1 unspecified atom stereocenters. The Kier molecular flexibility index (Phi) is 3.70. The third kappa shape index (κ3) is 2.06. The third-order valence-electron chi connectivity index (χ3n) is 7.41. The Labute approximate surface area is 181 Å². The molecular weight excluding hydrogens is 424 g/mol. The van der Waals surface area contributed by atoms with E-state index in [9.17, 15) is 34.8 Å². The molecular formula is C22H20O10. The van der Waals surface area contributed by atoms with Crippen LogP contribution in [0, 0.1) is 0 Å². The van der Waals surface area contributed by atoms with Crippen LogP contribution in [0.1, 0.15) is 64.6 Å². The standard InChI is InChI=1S/C22H20O10/c1-5-11-15(21-8(30-5)4-10(24)32-21)19(27)13-14(17(11)25)20(28)16-12(18(13)26)7-3-9(23)22(16,29)6(2)31-7/h5-9,21,23,26,28-29H,3-4H2,1-2H3/t5?,6-,7-,8-,9+,21+,22-/m0/s1. The van der Waals surface area contributed by atoms with E-state index in [0.717, 1.165) is 0 Å². The second kappa shape index (κ2) is 5.96. The first-order valence-corrected chi connectivity index (χ1v) is 10.4. The predicted molar refractivity (Wildman–Crippen MR) is 102 cm³/mol. The fourth-order valence-electron chi connectivity index (χ4n) is 5.95. The molecule has 0 aromatic heterocycles. The Balaban J connectivity index is 1.64. The Morgan fingerprint density at radius 2 is 1.62 bits per heavy atom. The summed E-state index contributed by atoms with van der Waals surface area (Å²) in [4.78, 5) is 39.0. The molecule has 0 amide bonds. The van der Waals surface area contributed by atoms with Crippen LogP contribution in [0.5, 0.6) is 11.5 Å². The summed E-state index contributed by atoms with van der Waals surface area (Å²) in [5, 5.41) is 44.1. The topological polar surface area (TPSA) is 160 Å². The van der Waals surface area contributed by atoms with Crippen LogP contribution >= 0.6 is 0 Å². The van der Waals surface area contributed by atoms with Gasteiger partial charge >= 0.3 is 5.97 Å². The molecule has 2 fully saturated rings. The molecule has 32 heavy (non-hydrogen) atoms. The second-order valence-corrected chi connectivity index (χ2v) is 9.00. The fraction of sp³-hybridized carbons (Fsp3) is 0.500. The number of phenolic OH excluding ortho intramolecular Hbond substituents is 2. The Morgan fingerprint density at radius 1 is 0.969 bits per heavy atom. The van der Waals surface area contributed by atoms with Crippen LogP contribution in [-0.2, 0) is 24.6 Å². The van der Waals surface area contributed by atoms with Crippen molar-refractivity contribution in [1.82, 2.24) is 0 Å². The monoisotopic (exact) mass is 444 g/mol. The molecule has 1 aromatic carbocycles. The van der Waals surface area contributed by atoms with Crippen molar-refractivity contribution in [2.45, 2.75) is 68.9 Å². The Hall–Kier alpha value is -2.79. The number of aliphatic hydroxyl groups is 2. The molecule has 0 saturated carbocycles. The van der Waals surface area contributed by atoms with Gasteiger partial charge in [-0.3, -0.25) is 14.4 Å². The van der Waals surface area contributed by atoms with Crippen molar-refractivity contribution in [3.8, 4) is 11.5 Å². The van der Waals surface area contributed by atoms with E-state index in [-0.39, 0.29) is 35.1 Å². The van der Waals surface area contributed by atoms with Gasteiger partial charge in [-0.2, -0.15) is 0 Å². The van der Waals surface area contributed by atoms with E-state index >= 15 is 0 Å². The number of esters is 1. The molecule has 168 valence electrons. The molecule has 4 heterocycles. The molecule has 4 aliphatic heterocycles. The number of carbonyl (C=O) groups is 3. The van der Waals surface area contributed by atoms with Gasteiger partial charge in [-0.1, -0.05) is 0 Å². The number of phenols is 2. The average Bonchev–Trinajstić information content (AvgIpc) is 3.09. The van der Waals surface area contributed by atoms with Crippen LogP contribution in [0.2, 0.25) is 0 Å². The van der Waals surface area contributed by atoms with Gasteiger partial charge in [-0.25, -0.2) is 0 Å². The lowest BCUT2D eigenvalue weighted by molar-refractivity contribution is -0.246. The summed E-state index contributed by atoms with van der Waals surface area (Å²) >= 11 is 0. The lowest BCUT2D eigenvalue weighted by atomic mass is 9.66. The summed E-state index contributed by atoms with van der Waals surface area (Å²) in [5.41, 5.74) is -3.36. The summed E-state index contributed by atoms with van der Waals surface area (Å²) < 4.78 is 16.7. The second-order valence-electron chi connectivity index (χ2n) is 9.00. The Bertz CT molecular complexity index is 1170. The number of aliphatic hydroxyl groups excluding tert-OH is 1. The predicted octanol–water partition coefficient (Wildman–Crippen LogP) is 0.288. The molecule has 7 rings (SSSR count). The van der Waals surface area contributed by atoms with Gasteiger partial charge in [0, 0.05) is 23.1 Å². The van der Waals surface area contributed by atoms with E-state index in [1.165, 1.54) is 6.92 Å². The van der Waals surface area contributed by atoms with E-state index < -0.39 is 82.4 Å². The maximum atomic E-state index is 13.6. The van der Waals surface area contributed by atoms with E-state index in [1.807, 2.05) is 0 Å². The quantitative estimate of drug-likeness (QED) is 0.323. The molecule has 2 saturated heterocycles. The zero-order valence-corrected chi connectivity index (χ0v) is 17.1. The van der Waals surface area contributed by atoms with Crippen LogP contribution in [0.15, 0.2) is 11.1 Å². The van der Waals surface area contributed by atoms with Crippen molar-refractivity contribution in [2.75, 3.05) is 0 Å². The van der Waals surface area contributed by atoms with Crippen molar-refractivity contribution in [3.05, 3.63) is 33.4 Å². The number of ether oxygens (including phenoxy) is 3. The molecule has 2 bridgehead atoms. The van der Waals surface area contributed by atoms with Crippen molar-refractivity contribution >= 4 is 17.5 Å². The zero-order valence-electron chi connectivity index (χ0n) is 17.1. The number of fused-ring (bicyclic) bond motifs is 5. The summed E-state index contributed by atoms with van der Waals surface area (Å²) in [6, 6.07) is 0. The minimum atomic E-state index is -2.08. The van der Waals surface area contributed by atoms with Crippen molar-refractivity contribution in [2.24, 2.45) is 0 Å². The highest BCUT2D eigenvalue weighted by Gasteiger charge is 2.60. The van der Waals surface area contributed by atoms with E-state index in [0.29, 0.717) is 0 Å². The average molecular weight is 444 g/mol. The summed E-state index contributed by atoms with van der Waals surface area (Å²) in [7, 11) is 0. The van der Waals surface area contributed by atoms with Gasteiger partial charge in [0.25, 0.3) is 0 Å². The van der Waals surface area contributed by atoms with Gasteiger partial charge in [0.2, 0.25) is 0 Å².